The molecular weight excluding hydrogens is 200 g/mol. The molecule has 0 spiro atoms. The van der Waals surface area contributed by atoms with Gasteiger partial charge < -0.3 is 5.32 Å². The van der Waals surface area contributed by atoms with Crippen LogP contribution in [0.1, 0.15) is 38.3 Å². The second-order valence-electron chi connectivity index (χ2n) is 4.48. The zero-order valence-electron chi connectivity index (χ0n) is 9.48. The Hall–Kier alpha value is -1.63. The van der Waals surface area contributed by atoms with Crippen molar-refractivity contribution in [3.8, 4) is 6.07 Å². The maximum Gasteiger partial charge on any atom is 0.224 e. The summed E-state index contributed by atoms with van der Waals surface area (Å²) in [6.45, 7) is 2.29. The van der Waals surface area contributed by atoms with Gasteiger partial charge in [-0.05, 0) is 37.7 Å². The van der Waals surface area contributed by atoms with Crippen LogP contribution < -0.4 is 5.32 Å². The number of rotatable bonds is 2. The molecule has 2 rings (SSSR count). The highest BCUT2D eigenvalue weighted by Crippen LogP contribution is 2.25. The van der Waals surface area contributed by atoms with Crippen molar-refractivity contribution in [2.24, 2.45) is 5.92 Å². The fourth-order valence-electron chi connectivity index (χ4n) is 2.08. The van der Waals surface area contributed by atoms with Crippen molar-refractivity contribution in [3.05, 3.63) is 18.0 Å². The predicted molar refractivity (Wildman–Crippen MR) is 61.8 cm³/mol. The number of nitrogens with one attached hydrogen (secondary N) is 1. The highest BCUT2D eigenvalue weighted by Gasteiger charge is 2.18. The van der Waals surface area contributed by atoms with Gasteiger partial charge in [0.05, 0.1) is 0 Å². The summed E-state index contributed by atoms with van der Waals surface area (Å²) in [5.41, 5.74) is 0.418. The molecule has 1 saturated carbocycles. The van der Waals surface area contributed by atoms with E-state index < -0.39 is 0 Å². The van der Waals surface area contributed by atoms with Crippen LogP contribution in [-0.4, -0.2) is 16.0 Å². The van der Waals surface area contributed by atoms with E-state index >= 15 is 0 Å². The zero-order valence-corrected chi connectivity index (χ0v) is 9.48. The minimum Gasteiger partial charge on any atom is -0.351 e. The van der Waals surface area contributed by atoms with Gasteiger partial charge in [0.2, 0.25) is 5.95 Å². The van der Waals surface area contributed by atoms with Crippen LogP contribution >= 0.6 is 0 Å². The minimum absolute atomic E-state index is 0.418. The SMILES string of the molecule is CC1CCC(Nc2nccc(C#N)n2)CC1. The van der Waals surface area contributed by atoms with Crippen LogP contribution in [-0.2, 0) is 0 Å². The Kier molecular flexibility index (Phi) is 3.35. The average molecular weight is 216 g/mol. The number of nitriles is 1. The van der Waals surface area contributed by atoms with E-state index in [0.717, 1.165) is 5.92 Å². The lowest BCUT2D eigenvalue weighted by Gasteiger charge is -2.26. The third-order valence-corrected chi connectivity index (χ3v) is 3.12. The Balaban J connectivity index is 1.96. The molecule has 0 bridgehead atoms. The smallest absolute Gasteiger partial charge is 0.224 e. The van der Waals surface area contributed by atoms with Crippen molar-refractivity contribution >= 4 is 5.95 Å². The topological polar surface area (TPSA) is 61.6 Å². The second-order valence-corrected chi connectivity index (χ2v) is 4.48. The molecule has 0 radical (unpaired) electrons. The Morgan fingerprint density at radius 2 is 2.12 bits per heavy atom. The highest BCUT2D eigenvalue weighted by molar-refractivity contribution is 5.31. The Labute approximate surface area is 95.7 Å². The summed E-state index contributed by atoms with van der Waals surface area (Å²) in [6.07, 6.45) is 6.48. The lowest BCUT2D eigenvalue weighted by molar-refractivity contribution is 0.360. The van der Waals surface area contributed by atoms with Gasteiger partial charge in [-0.2, -0.15) is 5.26 Å². The number of aromatic nitrogens is 2. The van der Waals surface area contributed by atoms with Crippen LogP contribution in [0.25, 0.3) is 0 Å². The maximum atomic E-state index is 8.73. The Morgan fingerprint density at radius 1 is 1.38 bits per heavy atom. The van der Waals surface area contributed by atoms with E-state index in [9.17, 15) is 0 Å². The van der Waals surface area contributed by atoms with Crippen LogP contribution in [0.15, 0.2) is 12.3 Å². The van der Waals surface area contributed by atoms with E-state index in [0.29, 0.717) is 17.7 Å². The van der Waals surface area contributed by atoms with Gasteiger partial charge in [0.15, 0.2) is 0 Å². The van der Waals surface area contributed by atoms with Gasteiger partial charge in [-0.25, -0.2) is 9.97 Å². The number of anilines is 1. The van der Waals surface area contributed by atoms with Crippen molar-refractivity contribution < 1.29 is 0 Å². The molecule has 1 aliphatic carbocycles. The van der Waals surface area contributed by atoms with Crippen molar-refractivity contribution in [1.29, 1.82) is 5.26 Å². The summed E-state index contributed by atoms with van der Waals surface area (Å²) in [5, 5.41) is 12.0. The summed E-state index contributed by atoms with van der Waals surface area (Å²) in [4.78, 5) is 8.25. The van der Waals surface area contributed by atoms with Crippen molar-refractivity contribution in [3.63, 3.8) is 0 Å². The number of nitrogens with zero attached hydrogens (tertiary/aromatic N) is 3. The normalized spacial score (nSPS) is 24.8. The van der Waals surface area contributed by atoms with Crippen molar-refractivity contribution in [1.82, 2.24) is 9.97 Å². The zero-order chi connectivity index (χ0) is 11.4. The molecule has 0 saturated heterocycles. The second kappa shape index (κ2) is 4.93. The van der Waals surface area contributed by atoms with E-state index in [1.807, 2.05) is 6.07 Å². The molecule has 1 N–H and O–H groups in total. The molecule has 4 nitrogen and oxygen atoms in total. The molecule has 0 aromatic carbocycles. The molecule has 0 amide bonds. The average Bonchev–Trinajstić information content (AvgIpc) is 2.32. The van der Waals surface area contributed by atoms with Crippen LogP contribution in [0.2, 0.25) is 0 Å². The largest absolute Gasteiger partial charge is 0.351 e. The van der Waals surface area contributed by atoms with Gasteiger partial charge in [0.25, 0.3) is 0 Å². The van der Waals surface area contributed by atoms with Gasteiger partial charge in [0.1, 0.15) is 11.8 Å². The fourth-order valence-corrected chi connectivity index (χ4v) is 2.08. The molecular formula is C12H16N4. The standard InChI is InChI=1S/C12H16N4/c1-9-2-4-10(5-3-9)15-12-14-7-6-11(8-13)16-12/h6-7,9-10H,2-5H2,1H3,(H,14,15,16). The van der Waals surface area contributed by atoms with Crippen molar-refractivity contribution in [2.45, 2.75) is 38.6 Å². The van der Waals surface area contributed by atoms with Crippen LogP contribution in [0.4, 0.5) is 5.95 Å². The van der Waals surface area contributed by atoms with E-state index in [4.69, 9.17) is 5.26 Å². The molecule has 0 atom stereocenters. The summed E-state index contributed by atoms with van der Waals surface area (Å²) in [7, 11) is 0. The Morgan fingerprint density at radius 3 is 2.81 bits per heavy atom. The summed E-state index contributed by atoms with van der Waals surface area (Å²) in [5.74, 6) is 1.42. The maximum absolute atomic E-state index is 8.73. The molecule has 16 heavy (non-hydrogen) atoms. The van der Waals surface area contributed by atoms with Crippen LogP contribution in [0.3, 0.4) is 0 Å². The van der Waals surface area contributed by atoms with Gasteiger partial charge in [0, 0.05) is 12.2 Å². The van der Waals surface area contributed by atoms with E-state index in [1.165, 1.54) is 25.7 Å². The number of hydrogen-bond acceptors (Lipinski definition) is 4. The van der Waals surface area contributed by atoms with Gasteiger partial charge in [-0.15, -0.1) is 0 Å². The molecule has 0 unspecified atom stereocenters. The van der Waals surface area contributed by atoms with Crippen LogP contribution in [0, 0.1) is 17.2 Å². The first kappa shape index (κ1) is 10.9. The Bertz CT molecular complexity index is 388. The third-order valence-electron chi connectivity index (χ3n) is 3.12. The molecule has 0 aliphatic heterocycles. The lowest BCUT2D eigenvalue weighted by atomic mass is 9.87. The van der Waals surface area contributed by atoms with Gasteiger partial charge in [-0.1, -0.05) is 6.92 Å². The molecule has 1 fully saturated rings. The van der Waals surface area contributed by atoms with Gasteiger partial charge in [-0.3, -0.25) is 0 Å². The quantitative estimate of drug-likeness (QED) is 0.824. The van der Waals surface area contributed by atoms with E-state index in [1.54, 1.807) is 12.3 Å². The first-order valence-electron chi connectivity index (χ1n) is 5.77. The molecule has 1 heterocycles. The highest BCUT2D eigenvalue weighted by atomic mass is 15.1. The molecule has 1 aromatic rings. The molecule has 1 aromatic heterocycles. The van der Waals surface area contributed by atoms with Crippen LogP contribution in [0.5, 0.6) is 0 Å². The summed E-state index contributed by atoms with van der Waals surface area (Å²) < 4.78 is 0. The monoisotopic (exact) mass is 216 g/mol. The molecule has 1 aliphatic rings. The van der Waals surface area contributed by atoms with E-state index in [2.05, 4.69) is 22.2 Å². The summed E-state index contributed by atoms with van der Waals surface area (Å²) in [6, 6.07) is 4.10. The molecule has 4 heteroatoms. The fraction of sp³-hybridized carbons (Fsp3) is 0.583. The predicted octanol–water partition coefficient (Wildman–Crippen LogP) is 2.34. The van der Waals surface area contributed by atoms with Crippen molar-refractivity contribution in [2.75, 3.05) is 5.32 Å². The first-order valence-corrected chi connectivity index (χ1v) is 5.77. The summed E-state index contributed by atoms with van der Waals surface area (Å²) >= 11 is 0. The van der Waals surface area contributed by atoms with E-state index in [-0.39, 0.29) is 0 Å². The first-order chi connectivity index (χ1) is 7.78. The third kappa shape index (κ3) is 2.69. The lowest BCUT2D eigenvalue weighted by Crippen LogP contribution is -2.26. The van der Waals surface area contributed by atoms with Gasteiger partial charge >= 0.3 is 0 Å². The minimum atomic E-state index is 0.418. The number of hydrogen-bond donors (Lipinski definition) is 1. The molecule has 84 valence electrons.